The number of amides is 2. The summed E-state index contributed by atoms with van der Waals surface area (Å²) < 4.78 is 21.8. The van der Waals surface area contributed by atoms with Crippen molar-refractivity contribution >= 4 is 41.0 Å². The molecule has 2 amide bonds. The summed E-state index contributed by atoms with van der Waals surface area (Å²) in [5.74, 6) is 0.858. The van der Waals surface area contributed by atoms with E-state index in [1.807, 2.05) is 53.2 Å². The van der Waals surface area contributed by atoms with Crippen LogP contribution in [0.5, 0.6) is 17.2 Å². The van der Waals surface area contributed by atoms with Gasteiger partial charge in [0.2, 0.25) is 11.7 Å². The summed E-state index contributed by atoms with van der Waals surface area (Å²) in [5, 5.41) is 2.93. The molecular weight excluding hydrogens is 743 g/mol. The first-order valence-corrected chi connectivity index (χ1v) is 19.9. The zero-order valence-electron chi connectivity index (χ0n) is 32.2. The molecule has 3 aliphatic rings. The number of carbonyl (C=O) groups excluding carboxylic acids is 3. The van der Waals surface area contributed by atoms with Crippen LogP contribution in [0.3, 0.4) is 0 Å². The second-order valence-corrected chi connectivity index (χ2v) is 15.6. The Bertz CT molecular complexity index is 1800. The standard InChI is InChI=1S/C42H52Cl2N4O7/c1-5-55-39(50)29-13-19-48(20-14-29)45-40(51)42(31-9-7-6-8-10-31)17-22-46(23-18-42)21-15-41(32-11-12-33(43)34(44)27-32)16-24-47(28-41)38(49)30-25-35(52-2)37(54-4)36(26-30)53-3/h6-12,25-27,29H,5,13-24,28H2,1-4H3,(H,45,51)/t41-/m1/s1. The van der Waals surface area contributed by atoms with Gasteiger partial charge in [0.05, 0.1) is 49.3 Å². The molecule has 296 valence electrons. The zero-order chi connectivity index (χ0) is 39.2. The van der Waals surface area contributed by atoms with E-state index in [2.05, 4.69) is 22.5 Å². The number of ether oxygens (including phenoxy) is 4. The Morgan fingerprint density at radius 3 is 2.07 bits per heavy atom. The highest BCUT2D eigenvalue weighted by Crippen LogP contribution is 2.43. The second kappa shape index (κ2) is 17.8. The highest BCUT2D eigenvalue weighted by molar-refractivity contribution is 6.42. The lowest BCUT2D eigenvalue weighted by atomic mass is 9.71. The number of benzene rings is 3. The van der Waals surface area contributed by atoms with Gasteiger partial charge in [-0.05, 0) is 100 Å². The summed E-state index contributed by atoms with van der Waals surface area (Å²) in [6, 6.07) is 19.3. The normalized spacial score (nSPS) is 20.5. The number of hydrogen-bond acceptors (Lipinski definition) is 9. The van der Waals surface area contributed by atoms with E-state index in [4.69, 9.17) is 42.1 Å². The Morgan fingerprint density at radius 1 is 0.800 bits per heavy atom. The van der Waals surface area contributed by atoms with Crippen LogP contribution in [-0.2, 0) is 25.2 Å². The van der Waals surface area contributed by atoms with E-state index in [9.17, 15) is 14.4 Å². The minimum atomic E-state index is -0.686. The molecule has 1 N–H and O–H groups in total. The number of hydrazine groups is 1. The first-order chi connectivity index (χ1) is 26.6. The van der Waals surface area contributed by atoms with Crippen LogP contribution < -0.4 is 19.6 Å². The minimum absolute atomic E-state index is 0.00282. The summed E-state index contributed by atoms with van der Waals surface area (Å²) in [6.45, 7) is 6.70. The van der Waals surface area contributed by atoms with E-state index in [-0.39, 0.29) is 29.1 Å². The number of rotatable bonds is 13. The molecule has 3 aromatic carbocycles. The first-order valence-electron chi connectivity index (χ1n) is 19.1. The molecule has 13 heteroatoms. The van der Waals surface area contributed by atoms with Crippen LogP contribution in [0.1, 0.15) is 66.9 Å². The molecule has 6 rings (SSSR count). The Labute approximate surface area is 334 Å². The van der Waals surface area contributed by atoms with Crippen LogP contribution >= 0.6 is 23.2 Å². The maximum Gasteiger partial charge on any atom is 0.309 e. The number of nitrogens with one attached hydrogen (secondary N) is 1. The van der Waals surface area contributed by atoms with Crippen molar-refractivity contribution in [3.63, 3.8) is 0 Å². The van der Waals surface area contributed by atoms with E-state index in [1.54, 1.807) is 12.1 Å². The number of esters is 1. The van der Waals surface area contributed by atoms with Crippen molar-refractivity contribution in [3.8, 4) is 17.2 Å². The van der Waals surface area contributed by atoms with Gasteiger partial charge in [-0.25, -0.2) is 5.01 Å². The topological polar surface area (TPSA) is 110 Å². The average Bonchev–Trinajstić information content (AvgIpc) is 3.66. The van der Waals surface area contributed by atoms with Crippen LogP contribution in [0, 0.1) is 5.92 Å². The van der Waals surface area contributed by atoms with E-state index >= 15 is 0 Å². The van der Waals surface area contributed by atoms with Crippen molar-refractivity contribution < 1.29 is 33.3 Å². The van der Waals surface area contributed by atoms with E-state index in [0.29, 0.717) is 91.3 Å². The van der Waals surface area contributed by atoms with Crippen LogP contribution in [0.25, 0.3) is 0 Å². The lowest BCUT2D eigenvalue weighted by molar-refractivity contribution is -0.150. The molecule has 0 unspecified atom stereocenters. The number of nitrogens with zero attached hydrogens (tertiary/aromatic N) is 3. The van der Waals surface area contributed by atoms with Gasteiger partial charge in [-0.3, -0.25) is 19.8 Å². The summed E-state index contributed by atoms with van der Waals surface area (Å²) in [6.07, 6.45) is 4.15. The fraction of sp³-hybridized carbons (Fsp3) is 0.500. The maximum absolute atomic E-state index is 14.3. The zero-order valence-corrected chi connectivity index (χ0v) is 33.7. The molecule has 0 saturated carbocycles. The van der Waals surface area contributed by atoms with Gasteiger partial charge in [-0.2, -0.15) is 0 Å². The number of methoxy groups -OCH3 is 3. The molecule has 55 heavy (non-hydrogen) atoms. The Hall–Kier alpha value is -4.03. The maximum atomic E-state index is 14.3. The highest BCUT2D eigenvalue weighted by Gasteiger charge is 2.46. The number of likely N-dealkylation sites (tertiary alicyclic amines) is 2. The molecular formula is C42H52Cl2N4O7. The monoisotopic (exact) mass is 794 g/mol. The molecule has 3 heterocycles. The van der Waals surface area contributed by atoms with Crippen molar-refractivity contribution in [2.24, 2.45) is 5.92 Å². The van der Waals surface area contributed by atoms with Crippen LogP contribution in [0.4, 0.5) is 0 Å². The molecule has 0 bridgehead atoms. The molecule has 0 aliphatic carbocycles. The predicted octanol–water partition coefficient (Wildman–Crippen LogP) is 6.53. The second-order valence-electron chi connectivity index (χ2n) is 14.8. The fourth-order valence-corrected chi connectivity index (χ4v) is 8.81. The molecule has 0 spiro atoms. The van der Waals surface area contributed by atoms with E-state index in [1.165, 1.54) is 21.3 Å². The minimum Gasteiger partial charge on any atom is -0.493 e. The summed E-state index contributed by atoms with van der Waals surface area (Å²) >= 11 is 13.0. The van der Waals surface area contributed by atoms with Crippen LogP contribution in [-0.4, -0.2) is 106 Å². The van der Waals surface area contributed by atoms with Crippen molar-refractivity contribution in [1.82, 2.24) is 20.2 Å². The fourth-order valence-electron chi connectivity index (χ4n) is 8.52. The number of piperidine rings is 2. The molecule has 3 aliphatic heterocycles. The molecule has 0 aromatic heterocycles. The summed E-state index contributed by atoms with van der Waals surface area (Å²) in [5.41, 5.74) is 4.69. The van der Waals surface area contributed by atoms with Gasteiger partial charge >= 0.3 is 5.97 Å². The van der Waals surface area contributed by atoms with Gasteiger partial charge in [0.15, 0.2) is 11.5 Å². The average molecular weight is 796 g/mol. The van der Waals surface area contributed by atoms with Crippen molar-refractivity contribution in [3.05, 3.63) is 87.4 Å². The Morgan fingerprint density at radius 2 is 1.47 bits per heavy atom. The van der Waals surface area contributed by atoms with E-state index < -0.39 is 5.41 Å². The molecule has 11 nitrogen and oxygen atoms in total. The quantitative estimate of drug-likeness (QED) is 0.193. The number of carbonyl (C=O) groups is 3. The van der Waals surface area contributed by atoms with Crippen LogP contribution in [0.15, 0.2) is 60.7 Å². The molecule has 1 atom stereocenters. The van der Waals surface area contributed by atoms with Gasteiger partial charge in [0.1, 0.15) is 0 Å². The van der Waals surface area contributed by atoms with Crippen molar-refractivity contribution in [2.45, 2.75) is 56.3 Å². The lowest BCUT2D eigenvalue weighted by Crippen LogP contribution is -2.57. The van der Waals surface area contributed by atoms with Gasteiger partial charge in [-0.1, -0.05) is 59.6 Å². The predicted molar refractivity (Wildman–Crippen MR) is 212 cm³/mol. The number of halogens is 2. The van der Waals surface area contributed by atoms with Gasteiger partial charge < -0.3 is 28.7 Å². The third-order valence-electron chi connectivity index (χ3n) is 11.8. The van der Waals surface area contributed by atoms with Gasteiger partial charge in [-0.15, -0.1) is 0 Å². The van der Waals surface area contributed by atoms with Crippen molar-refractivity contribution in [2.75, 3.05) is 73.7 Å². The molecule has 3 fully saturated rings. The smallest absolute Gasteiger partial charge is 0.309 e. The molecule has 3 aromatic rings. The van der Waals surface area contributed by atoms with Gasteiger partial charge in [0.25, 0.3) is 5.91 Å². The third-order valence-corrected chi connectivity index (χ3v) is 12.6. The number of hydrogen-bond donors (Lipinski definition) is 1. The lowest BCUT2D eigenvalue weighted by Gasteiger charge is -2.43. The third kappa shape index (κ3) is 8.70. The first kappa shape index (κ1) is 40.6. The van der Waals surface area contributed by atoms with E-state index in [0.717, 1.165) is 43.6 Å². The summed E-state index contributed by atoms with van der Waals surface area (Å²) in [4.78, 5) is 45.0. The van der Waals surface area contributed by atoms with Gasteiger partial charge in [0, 0.05) is 37.2 Å². The summed E-state index contributed by atoms with van der Waals surface area (Å²) in [7, 11) is 4.60. The molecule has 3 saturated heterocycles. The Balaban J connectivity index is 1.16. The SMILES string of the molecule is CCOC(=O)C1CCN(NC(=O)C2(c3ccccc3)CCN(CC[C@@]3(c4ccc(Cl)c(Cl)c4)CCN(C(=O)c4cc(OC)c(OC)c(OC)c4)C3)CC2)CC1. The molecule has 0 radical (unpaired) electrons. The van der Waals surface area contributed by atoms with Crippen LogP contribution in [0.2, 0.25) is 10.0 Å². The highest BCUT2D eigenvalue weighted by atomic mass is 35.5. The van der Waals surface area contributed by atoms with Crippen molar-refractivity contribution in [1.29, 1.82) is 0 Å². The Kier molecular flexibility index (Phi) is 13.2. The largest absolute Gasteiger partial charge is 0.493 e.